The summed E-state index contributed by atoms with van der Waals surface area (Å²) in [6.45, 7) is 0.905. The summed E-state index contributed by atoms with van der Waals surface area (Å²) >= 11 is 0. The monoisotopic (exact) mass is 236 g/mol. The molecule has 6 heteroatoms. The molecule has 6 nitrogen and oxygen atoms in total. The summed E-state index contributed by atoms with van der Waals surface area (Å²) in [5.41, 5.74) is 1.77. The maximum atomic E-state index is 9.03. The molecule has 92 valence electrons. The molecule has 2 rings (SSSR count). The lowest BCUT2D eigenvalue weighted by Crippen LogP contribution is -2.30. The van der Waals surface area contributed by atoms with Crippen molar-refractivity contribution in [1.29, 1.82) is 0 Å². The molecule has 2 aromatic heterocycles. The molecule has 0 aliphatic heterocycles. The third-order valence-electron chi connectivity index (χ3n) is 2.66. The Morgan fingerprint density at radius 3 is 2.59 bits per heavy atom. The highest BCUT2D eigenvalue weighted by Crippen LogP contribution is 2.21. The Balaban J connectivity index is 2.44. The minimum Gasteiger partial charge on any atom is -0.395 e. The molecular formula is C11H16N4O2. The lowest BCUT2D eigenvalue weighted by atomic mass is 10.3. The van der Waals surface area contributed by atoms with Crippen LogP contribution in [0.5, 0.6) is 0 Å². The van der Waals surface area contributed by atoms with Gasteiger partial charge < -0.3 is 19.7 Å². The first-order chi connectivity index (χ1) is 8.27. The first kappa shape index (κ1) is 11.8. The number of aliphatic hydroxyl groups excluding tert-OH is 2. The molecule has 2 N–H and O–H groups in total. The van der Waals surface area contributed by atoms with Gasteiger partial charge in [0.25, 0.3) is 0 Å². The second kappa shape index (κ2) is 5.11. The number of fused-ring (bicyclic) bond motifs is 1. The highest BCUT2D eigenvalue weighted by Gasteiger charge is 2.13. The van der Waals surface area contributed by atoms with Crippen molar-refractivity contribution in [3.05, 3.63) is 18.6 Å². The summed E-state index contributed by atoms with van der Waals surface area (Å²) in [7, 11) is 1.92. The maximum Gasteiger partial charge on any atom is 0.156 e. The Labute approximate surface area is 99.1 Å². The van der Waals surface area contributed by atoms with Gasteiger partial charge in [-0.3, -0.25) is 0 Å². The number of pyridine rings is 1. The highest BCUT2D eigenvalue weighted by atomic mass is 16.3. The van der Waals surface area contributed by atoms with E-state index in [1.807, 2.05) is 22.6 Å². The van der Waals surface area contributed by atoms with Gasteiger partial charge in [0.2, 0.25) is 0 Å². The summed E-state index contributed by atoms with van der Waals surface area (Å²) < 4.78 is 1.91. The Morgan fingerprint density at radius 1 is 1.24 bits per heavy atom. The van der Waals surface area contributed by atoms with Gasteiger partial charge in [0.15, 0.2) is 5.82 Å². The molecule has 0 saturated carbocycles. The molecule has 0 bridgehead atoms. The zero-order chi connectivity index (χ0) is 12.3. The lowest BCUT2D eigenvalue weighted by molar-refractivity contribution is 0.281. The van der Waals surface area contributed by atoms with Gasteiger partial charge in [-0.25, -0.2) is 9.97 Å². The smallest absolute Gasteiger partial charge is 0.156 e. The summed E-state index contributed by atoms with van der Waals surface area (Å²) in [4.78, 5) is 10.4. The summed E-state index contributed by atoms with van der Waals surface area (Å²) in [6.07, 6.45) is 3.44. The van der Waals surface area contributed by atoms with Crippen molar-refractivity contribution in [3.8, 4) is 0 Å². The molecule has 0 fully saturated rings. The predicted molar refractivity (Wildman–Crippen MR) is 64.9 cm³/mol. The average Bonchev–Trinajstić information content (AvgIpc) is 2.71. The van der Waals surface area contributed by atoms with E-state index < -0.39 is 0 Å². The summed E-state index contributed by atoms with van der Waals surface area (Å²) in [5, 5.41) is 18.1. The molecule has 0 aromatic carbocycles. The first-order valence-electron chi connectivity index (χ1n) is 5.50. The molecule has 0 saturated heterocycles. The van der Waals surface area contributed by atoms with E-state index in [0.29, 0.717) is 18.9 Å². The normalized spacial score (nSPS) is 11.0. The average molecular weight is 236 g/mol. The van der Waals surface area contributed by atoms with Crippen molar-refractivity contribution >= 4 is 16.9 Å². The number of hydrogen-bond acceptors (Lipinski definition) is 5. The SMILES string of the molecule is Cn1cnc2c(N(CCO)CCO)nccc21. The maximum absolute atomic E-state index is 9.03. The zero-order valence-electron chi connectivity index (χ0n) is 9.74. The van der Waals surface area contributed by atoms with Crippen LogP contribution in [-0.2, 0) is 7.05 Å². The largest absolute Gasteiger partial charge is 0.395 e. The number of nitrogens with zero attached hydrogens (tertiary/aromatic N) is 4. The molecule has 0 aliphatic carbocycles. The Morgan fingerprint density at radius 2 is 1.94 bits per heavy atom. The van der Waals surface area contributed by atoms with E-state index in [9.17, 15) is 0 Å². The van der Waals surface area contributed by atoms with E-state index in [1.54, 1.807) is 12.5 Å². The van der Waals surface area contributed by atoms with E-state index in [1.165, 1.54) is 0 Å². The van der Waals surface area contributed by atoms with E-state index in [-0.39, 0.29) is 13.2 Å². The molecule has 17 heavy (non-hydrogen) atoms. The molecule has 0 amide bonds. The van der Waals surface area contributed by atoms with Crippen LogP contribution in [0.1, 0.15) is 0 Å². The lowest BCUT2D eigenvalue weighted by Gasteiger charge is -2.21. The van der Waals surface area contributed by atoms with Crippen molar-refractivity contribution < 1.29 is 10.2 Å². The number of hydrogen-bond donors (Lipinski definition) is 2. The van der Waals surface area contributed by atoms with E-state index in [2.05, 4.69) is 9.97 Å². The van der Waals surface area contributed by atoms with Crippen LogP contribution in [0.2, 0.25) is 0 Å². The third-order valence-corrected chi connectivity index (χ3v) is 2.66. The van der Waals surface area contributed by atoms with Gasteiger partial charge in [0.1, 0.15) is 5.52 Å². The van der Waals surface area contributed by atoms with Crippen LogP contribution >= 0.6 is 0 Å². The van der Waals surface area contributed by atoms with Gasteiger partial charge >= 0.3 is 0 Å². The van der Waals surface area contributed by atoms with E-state index >= 15 is 0 Å². The van der Waals surface area contributed by atoms with Crippen LogP contribution in [-0.4, -0.2) is 51.1 Å². The minimum absolute atomic E-state index is 0.0188. The Hall–Kier alpha value is -1.66. The molecule has 2 heterocycles. The number of aliphatic hydroxyl groups is 2. The Bertz CT molecular complexity index is 491. The van der Waals surface area contributed by atoms with Gasteiger partial charge in [0, 0.05) is 26.3 Å². The van der Waals surface area contributed by atoms with Crippen LogP contribution in [0.3, 0.4) is 0 Å². The van der Waals surface area contributed by atoms with Gasteiger partial charge in [-0.1, -0.05) is 0 Å². The standard InChI is InChI=1S/C11H16N4O2/c1-14-8-13-10-9(14)2-3-12-11(10)15(4-6-16)5-7-17/h2-3,8,16-17H,4-7H2,1H3. The molecule has 0 aliphatic rings. The number of aromatic nitrogens is 3. The fraction of sp³-hybridized carbons (Fsp3) is 0.455. The first-order valence-corrected chi connectivity index (χ1v) is 5.50. The topological polar surface area (TPSA) is 74.4 Å². The highest BCUT2D eigenvalue weighted by molar-refractivity contribution is 5.86. The number of imidazole rings is 1. The van der Waals surface area contributed by atoms with Crippen LogP contribution in [0.15, 0.2) is 18.6 Å². The molecule has 0 unspecified atom stereocenters. The van der Waals surface area contributed by atoms with Gasteiger partial charge in [0.05, 0.1) is 25.1 Å². The fourth-order valence-corrected chi connectivity index (χ4v) is 1.84. The quantitative estimate of drug-likeness (QED) is 0.749. The predicted octanol–water partition coefficient (Wildman–Crippen LogP) is -0.241. The van der Waals surface area contributed by atoms with Crippen molar-refractivity contribution in [2.45, 2.75) is 0 Å². The summed E-state index contributed by atoms with van der Waals surface area (Å²) in [5.74, 6) is 0.700. The van der Waals surface area contributed by atoms with Crippen LogP contribution in [0, 0.1) is 0 Å². The molecule has 0 spiro atoms. The van der Waals surface area contributed by atoms with Gasteiger partial charge in [-0.15, -0.1) is 0 Å². The van der Waals surface area contributed by atoms with Crippen molar-refractivity contribution in [1.82, 2.24) is 14.5 Å². The van der Waals surface area contributed by atoms with Crippen molar-refractivity contribution in [2.24, 2.45) is 7.05 Å². The zero-order valence-corrected chi connectivity index (χ0v) is 9.74. The van der Waals surface area contributed by atoms with Crippen molar-refractivity contribution in [3.63, 3.8) is 0 Å². The fourth-order valence-electron chi connectivity index (χ4n) is 1.84. The Kier molecular flexibility index (Phi) is 3.55. The molecule has 2 aromatic rings. The van der Waals surface area contributed by atoms with Crippen LogP contribution < -0.4 is 4.90 Å². The van der Waals surface area contributed by atoms with E-state index in [4.69, 9.17) is 10.2 Å². The van der Waals surface area contributed by atoms with Gasteiger partial charge in [-0.2, -0.15) is 0 Å². The molecular weight excluding hydrogens is 220 g/mol. The number of anilines is 1. The minimum atomic E-state index is 0.0188. The third kappa shape index (κ3) is 2.22. The van der Waals surface area contributed by atoms with Crippen molar-refractivity contribution in [2.75, 3.05) is 31.2 Å². The van der Waals surface area contributed by atoms with E-state index in [0.717, 1.165) is 11.0 Å². The van der Waals surface area contributed by atoms with Gasteiger partial charge in [-0.05, 0) is 6.07 Å². The molecule has 0 radical (unpaired) electrons. The number of rotatable bonds is 5. The molecule has 0 atom stereocenters. The second-order valence-corrected chi connectivity index (χ2v) is 3.79. The van der Waals surface area contributed by atoms with Crippen LogP contribution in [0.4, 0.5) is 5.82 Å². The second-order valence-electron chi connectivity index (χ2n) is 3.79. The summed E-state index contributed by atoms with van der Waals surface area (Å²) in [6, 6.07) is 1.89. The van der Waals surface area contributed by atoms with Crippen LogP contribution in [0.25, 0.3) is 11.0 Å². The number of aryl methyl sites for hydroxylation is 1.